The number of hydrogen-bond donors (Lipinski definition) is 1. The molecular formula is C14H21ClFN. The van der Waals surface area contributed by atoms with Crippen molar-refractivity contribution >= 4 is 11.6 Å². The lowest BCUT2D eigenvalue weighted by molar-refractivity contribution is 0.450. The Bertz CT molecular complexity index is 352. The van der Waals surface area contributed by atoms with Crippen LogP contribution < -0.4 is 5.32 Å². The highest BCUT2D eigenvalue weighted by molar-refractivity contribution is 6.31. The van der Waals surface area contributed by atoms with E-state index in [4.69, 9.17) is 11.6 Å². The van der Waals surface area contributed by atoms with Crippen LogP contribution in [-0.2, 0) is 6.42 Å². The van der Waals surface area contributed by atoms with Crippen molar-refractivity contribution in [2.45, 2.75) is 39.2 Å². The lowest BCUT2D eigenvalue weighted by atomic mass is 9.98. The summed E-state index contributed by atoms with van der Waals surface area (Å²) in [7, 11) is 1.94. The Morgan fingerprint density at radius 1 is 1.29 bits per heavy atom. The van der Waals surface area contributed by atoms with E-state index in [1.807, 2.05) is 7.05 Å². The maximum absolute atomic E-state index is 13.1. The molecule has 0 aliphatic carbocycles. The van der Waals surface area contributed by atoms with Crippen molar-refractivity contribution in [3.8, 4) is 0 Å². The number of likely N-dealkylation sites (N-methyl/N-ethyl adjacent to an activating group) is 1. The van der Waals surface area contributed by atoms with E-state index >= 15 is 0 Å². The number of halogens is 2. The van der Waals surface area contributed by atoms with Crippen molar-refractivity contribution in [1.29, 1.82) is 0 Å². The van der Waals surface area contributed by atoms with Crippen LogP contribution in [0.4, 0.5) is 4.39 Å². The van der Waals surface area contributed by atoms with Crippen LogP contribution >= 0.6 is 11.6 Å². The van der Waals surface area contributed by atoms with Gasteiger partial charge in [-0.3, -0.25) is 0 Å². The SMILES string of the molecule is CNC(CCC(C)C)Cc1cc(F)ccc1Cl. The van der Waals surface area contributed by atoms with Gasteiger partial charge in [-0.25, -0.2) is 4.39 Å². The van der Waals surface area contributed by atoms with Crippen LogP contribution in [0.1, 0.15) is 32.3 Å². The number of rotatable bonds is 6. The lowest BCUT2D eigenvalue weighted by Gasteiger charge is -2.18. The minimum absolute atomic E-state index is 0.219. The van der Waals surface area contributed by atoms with Gasteiger partial charge in [0.15, 0.2) is 0 Å². The monoisotopic (exact) mass is 257 g/mol. The molecule has 1 atom stereocenters. The molecule has 96 valence electrons. The molecule has 1 nitrogen and oxygen atoms in total. The zero-order valence-electron chi connectivity index (χ0n) is 10.8. The maximum Gasteiger partial charge on any atom is 0.123 e. The van der Waals surface area contributed by atoms with Gasteiger partial charge in [-0.05, 0) is 56.0 Å². The second kappa shape index (κ2) is 6.97. The third-order valence-corrected chi connectivity index (χ3v) is 3.34. The molecule has 0 radical (unpaired) electrons. The van der Waals surface area contributed by atoms with E-state index in [1.54, 1.807) is 6.07 Å². The molecule has 0 aliphatic rings. The van der Waals surface area contributed by atoms with Gasteiger partial charge in [0.2, 0.25) is 0 Å². The summed E-state index contributed by atoms with van der Waals surface area (Å²) in [6, 6.07) is 4.91. The van der Waals surface area contributed by atoms with Crippen LogP contribution in [0.2, 0.25) is 5.02 Å². The summed E-state index contributed by atoms with van der Waals surface area (Å²) < 4.78 is 13.1. The zero-order valence-corrected chi connectivity index (χ0v) is 11.5. The Morgan fingerprint density at radius 3 is 2.59 bits per heavy atom. The molecule has 1 unspecified atom stereocenters. The molecule has 1 rings (SSSR count). The maximum atomic E-state index is 13.1. The molecular weight excluding hydrogens is 237 g/mol. The van der Waals surface area contributed by atoms with Gasteiger partial charge in [0.05, 0.1) is 0 Å². The first-order chi connectivity index (χ1) is 8.02. The van der Waals surface area contributed by atoms with E-state index in [1.165, 1.54) is 18.6 Å². The topological polar surface area (TPSA) is 12.0 Å². The fourth-order valence-electron chi connectivity index (χ4n) is 1.85. The van der Waals surface area contributed by atoms with Gasteiger partial charge in [-0.1, -0.05) is 25.4 Å². The third kappa shape index (κ3) is 5.05. The summed E-state index contributed by atoms with van der Waals surface area (Å²) in [6.07, 6.45) is 3.03. The van der Waals surface area contributed by atoms with Gasteiger partial charge in [-0.2, -0.15) is 0 Å². The molecule has 0 aliphatic heterocycles. The van der Waals surface area contributed by atoms with Crippen LogP contribution in [0.15, 0.2) is 18.2 Å². The van der Waals surface area contributed by atoms with Crippen molar-refractivity contribution in [2.24, 2.45) is 5.92 Å². The molecule has 0 aromatic heterocycles. The highest BCUT2D eigenvalue weighted by Crippen LogP contribution is 2.20. The molecule has 0 saturated heterocycles. The average Bonchev–Trinajstić information content (AvgIpc) is 2.28. The van der Waals surface area contributed by atoms with Crippen molar-refractivity contribution in [3.63, 3.8) is 0 Å². The van der Waals surface area contributed by atoms with Gasteiger partial charge >= 0.3 is 0 Å². The van der Waals surface area contributed by atoms with E-state index in [0.29, 0.717) is 17.0 Å². The highest BCUT2D eigenvalue weighted by atomic mass is 35.5. The molecule has 0 spiro atoms. The van der Waals surface area contributed by atoms with E-state index in [0.717, 1.165) is 18.4 Å². The fourth-order valence-corrected chi connectivity index (χ4v) is 2.04. The number of hydrogen-bond acceptors (Lipinski definition) is 1. The van der Waals surface area contributed by atoms with E-state index in [-0.39, 0.29) is 5.82 Å². The molecule has 3 heteroatoms. The van der Waals surface area contributed by atoms with Gasteiger partial charge in [0, 0.05) is 11.1 Å². The van der Waals surface area contributed by atoms with Gasteiger partial charge in [0.25, 0.3) is 0 Å². The molecule has 0 heterocycles. The standard InChI is InChI=1S/C14H21ClFN/c1-10(2)4-6-13(17-3)9-11-8-12(16)5-7-14(11)15/h5,7-8,10,13,17H,4,6,9H2,1-3H3. The Morgan fingerprint density at radius 2 is 2.00 bits per heavy atom. The normalized spacial score (nSPS) is 13.1. The summed E-state index contributed by atoms with van der Waals surface area (Å²) in [6.45, 7) is 4.42. The Balaban J connectivity index is 2.63. The quantitative estimate of drug-likeness (QED) is 0.811. The summed E-state index contributed by atoms with van der Waals surface area (Å²) in [5.41, 5.74) is 0.884. The first-order valence-corrected chi connectivity index (χ1v) is 6.52. The van der Waals surface area contributed by atoms with Crippen molar-refractivity contribution < 1.29 is 4.39 Å². The first kappa shape index (κ1) is 14.5. The Kier molecular flexibility index (Phi) is 5.93. The minimum Gasteiger partial charge on any atom is -0.317 e. The fraction of sp³-hybridized carbons (Fsp3) is 0.571. The molecule has 1 aromatic rings. The zero-order chi connectivity index (χ0) is 12.8. The minimum atomic E-state index is -0.219. The largest absolute Gasteiger partial charge is 0.317 e. The molecule has 1 N–H and O–H groups in total. The van der Waals surface area contributed by atoms with Crippen molar-refractivity contribution in [1.82, 2.24) is 5.32 Å². The average molecular weight is 258 g/mol. The van der Waals surface area contributed by atoms with E-state index < -0.39 is 0 Å². The Labute approximate surface area is 108 Å². The van der Waals surface area contributed by atoms with Gasteiger partial charge in [0.1, 0.15) is 5.82 Å². The van der Waals surface area contributed by atoms with Crippen LogP contribution in [0, 0.1) is 11.7 Å². The summed E-state index contributed by atoms with van der Waals surface area (Å²) >= 11 is 6.07. The van der Waals surface area contributed by atoms with Crippen LogP contribution in [0.5, 0.6) is 0 Å². The summed E-state index contributed by atoms with van der Waals surface area (Å²) in [5, 5.41) is 3.92. The predicted octanol–water partition coefficient (Wildman–Crippen LogP) is 4.05. The van der Waals surface area contributed by atoms with Crippen LogP contribution in [0.25, 0.3) is 0 Å². The van der Waals surface area contributed by atoms with Crippen LogP contribution in [-0.4, -0.2) is 13.1 Å². The summed E-state index contributed by atoms with van der Waals surface area (Å²) in [5.74, 6) is 0.469. The predicted molar refractivity (Wildman–Crippen MR) is 72.0 cm³/mol. The third-order valence-electron chi connectivity index (χ3n) is 2.97. The lowest BCUT2D eigenvalue weighted by Crippen LogP contribution is -2.28. The first-order valence-electron chi connectivity index (χ1n) is 6.14. The number of nitrogens with one attached hydrogen (secondary N) is 1. The second-order valence-electron chi connectivity index (χ2n) is 4.90. The van der Waals surface area contributed by atoms with Crippen molar-refractivity contribution in [2.75, 3.05) is 7.05 Å². The molecule has 1 aromatic carbocycles. The Hall–Kier alpha value is -0.600. The van der Waals surface area contributed by atoms with Gasteiger partial charge < -0.3 is 5.32 Å². The highest BCUT2D eigenvalue weighted by Gasteiger charge is 2.11. The summed E-state index contributed by atoms with van der Waals surface area (Å²) in [4.78, 5) is 0. The smallest absolute Gasteiger partial charge is 0.123 e. The van der Waals surface area contributed by atoms with E-state index in [9.17, 15) is 4.39 Å². The van der Waals surface area contributed by atoms with Gasteiger partial charge in [-0.15, -0.1) is 0 Å². The molecule has 0 bridgehead atoms. The molecule has 0 amide bonds. The van der Waals surface area contributed by atoms with E-state index in [2.05, 4.69) is 19.2 Å². The van der Waals surface area contributed by atoms with Crippen molar-refractivity contribution in [3.05, 3.63) is 34.6 Å². The molecule has 0 saturated carbocycles. The molecule has 0 fully saturated rings. The molecule has 17 heavy (non-hydrogen) atoms. The number of benzene rings is 1. The second-order valence-corrected chi connectivity index (χ2v) is 5.30. The van der Waals surface area contributed by atoms with Crippen LogP contribution in [0.3, 0.4) is 0 Å².